The first-order valence-electron chi connectivity index (χ1n) is 11.4. The zero-order valence-electron chi connectivity index (χ0n) is 19.0. The van der Waals surface area contributed by atoms with Crippen LogP contribution in [0.4, 0.5) is 0 Å². The van der Waals surface area contributed by atoms with Crippen LogP contribution in [0.15, 0.2) is 54.7 Å². The zero-order valence-corrected chi connectivity index (χ0v) is 19.0. The van der Waals surface area contributed by atoms with Gasteiger partial charge in [-0.3, -0.25) is 14.4 Å². The van der Waals surface area contributed by atoms with E-state index >= 15 is 0 Å². The Morgan fingerprint density at radius 3 is 2.59 bits per heavy atom. The second-order valence-electron chi connectivity index (χ2n) is 8.44. The lowest BCUT2D eigenvalue weighted by Gasteiger charge is -2.26. The molecule has 6 heteroatoms. The van der Waals surface area contributed by atoms with E-state index in [1.54, 1.807) is 0 Å². The molecule has 0 saturated carbocycles. The topological polar surface area (TPSA) is 59.4 Å². The third-order valence-electron chi connectivity index (χ3n) is 6.01. The number of aromatic nitrogens is 2. The summed E-state index contributed by atoms with van der Waals surface area (Å²) in [6, 6.07) is 16.4. The first kappa shape index (κ1) is 22.2. The lowest BCUT2D eigenvalue weighted by molar-refractivity contribution is 0.0374. The molecular formula is C26H32N4O2. The predicted molar refractivity (Wildman–Crippen MR) is 127 cm³/mol. The third kappa shape index (κ3) is 5.64. The summed E-state index contributed by atoms with van der Waals surface area (Å²) in [5.74, 6) is -0.0699. The second-order valence-corrected chi connectivity index (χ2v) is 8.44. The molecule has 1 amide bonds. The molecule has 2 aromatic carbocycles. The molecule has 3 aromatic rings. The molecule has 1 fully saturated rings. The van der Waals surface area contributed by atoms with Gasteiger partial charge in [0.1, 0.15) is 5.69 Å². The standard InChI is InChI=1S/C26H32N4O2/c1-20-9-10-23(17-21(20)2)25-24(19-30(28-25)18-22-7-4-3-5-8-22)26(31)27-11-6-12-29-13-15-32-16-14-29/h3-5,7-10,17,19H,6,11-16,18H2,1-2H3,(H,27,31). The van der Waals surface area contributed by atoms with Crippen LogP contribution in [0.2, 0.25) is 0 Å². The van der Waals surface area contributed by atoms with Crippen molar-refractivity contribution in [3.63, 3.8) is 0 Å². The fourth-order valence-corrected chi connectivity index (χ4v) is 3.97. The Morgan fingerprint density at radius 1 is 1.06 bits per heavy atom. The van der Waals surface area contributed by atoms with Gasteiger partial charge in [-0.25, -0.2) is 0 Å². The molecule has 0 bridgehead atoms. The number of hydrogen-bond donors (Lipinski definition) is 1. The van der Waals surface area contributed by atoms with Crippen LogP contribution in [0.5, 0.6) is 0 Å². The maximum atomic E-state index is 13.1. The normalized spacial score (nSPS) is 14.4. The van der Waals surface area contributed by atoms with Crippen LogP contribution in [-0.4, -0.2) is 60.0 Å². The maximum Gasteiger partial charge on any atom is 0.255 e. The van der Waals surface area contributed by atoms with Crippen molar-refractivity contribution in [2.24, 2.45) is 0 Å². The number of nitrogens with zero attached hydrogens (tertiary/aromatic N) is 3. The van der Waals surface area contributed by atoms with Crippen molar-refractivity contribution in [3.05, 3.63) is 77.0 Å². The number of aryl methyl sites for hydroxylation is 2. The summed E-state index contributed by atoms with van der Waals surface area (Å²) in [5.41, 5.74) is 5.89. The molecule has 1 N–H and O–H groups in total. The number of benzene rings is 2. The highest BCUT2D eigenvalue weighted by Gasteiger charge is 2.19. The zero-order chi connectivity index (χ0) is 22.3. The van der Waals surface area contributed by atoms with Crippen LogP contribution < -0.4 is 5.32 Å². The molecule has 6 nitrogen and oxygen atoms in total. The number of carbonyl (C=O) groups is 1. The van der Waals surface area contributed by atoms with Gasteiger partial charge in [0.05, 0.1) is 25.3 Å². The molecule has 2 heterocycles. The Balaban J connectivity index is 1.49. The average molecular weight is 433 g/mol. The van der Waals surface area contributed by atoms with E-state index in [-0.39, 0.29) is 5.91 Å². The average Bonchev–Trinajstić information content (AvgIpc) is 3.23. The Kier molecular flexibility index (Phi) is 7.35. The molecule has 4 rings (SSSR count). The molecule has 1 aromatic heterocycles. The van der Waals surface area contributed by atoms with Gasteiger partial charge in [-0.1, -0.05) is 42.5 Å². The summed E-state index contributed by atoms with van der Waals surface area (Å²) in [6.45, 7) is 9.96. The SMILES string of the molecule is Cc1ccc(-c2nn(Cc3ccccc3)cc2C(=O)NCCCN2CCOCC2)cc1C. The van der Waals surface area contributed by atoms with Crippen molar-refractivity contribution in [2.75, 3.05) is 39.4 Å². The molecule has 1 aliphatic heterocycles. The Bertz CT molecular complexity index is 1040. The van der Waals surface area contributed by atoms with Crippen molar-refractivity contribution >= 4 is 5.91 Å². The fourth-order valence-electron chi connectivity index (χ4n) is 3.97. The number of carbonyl (C=O) groups excluding carboxylic acids is 1. The van der Waals surface area contributed by atoms with Gasteiger partial charge in [-0.05, 0) is 49.6 Å². The van der Waals surface area contributed by atoms with Gasteiger partial charge < -0.3 is 10.1 Å². The fraction of sp³-hybridized carbons (Fsp3) is 0.385. The summed E-state index contributed by atoms with van der Waals surface area (Å²) in [5, 5.41) is 7.90. The lowest BCUT2D eigenvalue weighted by Crippen LogP contribution is -2.38. The van der Waals surface area contributed by atoms with Gasteiger partial charge in [0.25, 0.3) is 5.91 Å². The lowest BCUT2D eigenvalue weighted by atomic mass is 10.0. The first-order valence-corrected chi connectivity index (χ1v) is 11.4. The molecule has 0 atom stereocenters. The third-order valence-corrected chi connectivity index (χ3v) is 6.01. The number of rotatable bonds is 8. The summed E-state index contributed by atoms with van der Waals surface area (Å²) in [4.78, 5) is 15.5. The highest BCUT2D eigenvalue weighted by atomic mass is 16.5. The summed E-state index contributed by atoms with van der Waals surface area (Å²) < 4.78 is 7.26. The molecule has 0 aliphatic carbocycles. The van der Waals surface area contributed by atoms with E-state index < -0.39 is 0 Å². The van der Waals surface area contributed by atoms with Crippen LogP contribution in [0.3, 0.4) is 0 Å². The van der Waals surface area contributed by atoms with Gasteiger partial charge >= 0.3 is 0 Å². The molecule has 32 heavy (non-hydrogen) atoms. The van der Waals surface area contributed by atoms with Crippen LogP contribution in [-0.2, 0) is 11.3 Å². The van der Waals surface area contributed by atoms with E-state index in [2.05, 4.69) is 48.3 Å². The molecule has 0 radical (unpaired) electrons. The first-order chi connectivity index (χ1) is 15.6. The van der Waals surface area contributed by atoms with Crippen molar-refractivity contribution in [1.82, 2.24) is 20.0 Å². The summed E-state index contributed by atoms with van der Waals surface area (Å²) in [7, 11) is 0. The number of hydrogen-bond acceptors (Lipinski definition) is 4. The van der Waals surface area contributed by atoms with Crippen molar-refractivity contribution in [2.45, 2.75) is 26.8 Å². The van der Waals surface area contributed by atoms with E-state index in [9.17, 15) is 4.79 Å². The summed E-state index contributed by atoms with van der Waals surface area (Å²) >= 11 is 0. The predicted octanol–water partition coefficient (Wildman–Crippen LogP) is 3.67. The Morgan fingerprint density at radius 2 is 1.84 bits per heavy atom. The van der Waals surface area contributed by atoms with Crippen molar-refractivity contribution < 1.29 is 9.53 Å². The van der Waals surface area contributed by atoms with E-state index in [0.717, 1.165) is 56.1 Å². The minimum atomic E-state index is -0.0699. The van der Waals surface area contributed by atoms with Crippen molar-refractivity contribution in [1.29, 1.82) is 0 Å². The van der Waals surface area contributed by atoms with Crippen LogP contribution in [0, 0.1) is 13.8 Å². The highest BCUT2D eigenvalue weighted by molar-refractivity contribution is 5.99. The largest absolute Gasteiger partial charge is 0.379 e. The maximum absolute atomic E-state index is 13.1. The number of ether oxygens (including phenoxy) is 1. The summed E-state index contributed by atoms with van der Waals surface area (Å²) in [6.07, 6.45) is 2.79. The number of morpholine rings is 1. The highest BCUT2D eigenvalue weighted by Crippen LogP contribution is 2.25. The van der Waals surface area contributed by atoms with Crippen LogP contribution in [0.25, 0.3) is 11.3 Å². The molecule has 1 aliphatic rings. The number of nitrogens with one attached hydrogen (secondary N) is 1. The number of amides is 1. The smallest absolute Gasteiger partial charge is 0.255 e. The van der Waals surface area contributed by atoms with E-state index in [4.69, 9.17) is 9.84 Å². The van der Waals surface area contributed by atoms with E-state index in [1.165, 1.54) is 11.1 Å². The Hall–Kier alpha value is -2.96. The van der Waals surface area contributed by atoms with Gasteiger partial charge in [0.2, 0.25) is 0 Å². The van der Waals surface area contributed by atoms with Gasteiger partial charge in [0.15, 0.2) is 0 Å². The molecule has 0 unspecified atom stereocenters. The second kappa shape index (κ2) is 10.6. The minimum Gasteiger partial charge on any atom is -0.379 e. The van der Waals surface area contributed by atoms with E-state index in [0.29, 0.717) is 18.7 Å². The van der Waals surface area contributed by atoms with E-state index in [1.807, 2.05) is 35.1 Å². The van der Waals surface area contributed by atoms with Crippen LogP contribution >= 0.6 is 0 Å². The molecule has 168 valence electrons. The molecule has 0 spiro atoms. The van der Waals surface area contributed by atoms with Crippen LogP contribution in [0.1, 0.15) is 33.5 Å². The minimum absolute atomic E-state index is 0.0699. The quantitative estimate of drug-likeness (QED) is 0.552. The van der Waals surface area contributed by atoms with Gasteiger partial charge in [-0.2, -0.15) is 5.10 Å². The Labute approximate surface area is 190 Å². The van der Waals surface area contributed by atoms with Crippen molar-refractivity contribution in [3.8, 4) is 11.3 Å². The molecule has 1 saturated heterocycles. The van der Waals surface area contributed by atoms with Gasteiger partial charge in [0, 0.05) is 31.4 Å². The molecular weight excluding hydrogens is 400 g/mol. The van der Waals surface area contributed by atoms with Gasteiger partial charge in [-0.15, -0.1) is 0 Å². The monoisotopic (exact) mass is 432 g/mol.